The third kappa shape index (κ3) is 5.14. The van der Waals surface area contributed by atoms with Gasteiger partial charge < -0.3 is 26.6 Å². The van der Waals surface area contributed by atoms with Crippen molar-refractivity contribution in [1.82, 2.24) is 15.1 Å². The number of methoxy groups -OCH3 is 1. The Bertz CT molecular complexity index is 1220. The number of para-hydroxylation sites is 1. The van der Waals surface area contributed by atoms with Crippen LogP contribution in [0.15, 0.2) is 42.5 Å². The number of nitrogens with one attached hydrogen (secondary N) is 1. The zero-order chi connectivity index (χ0) is 25.7. The molecule has 1 atom stereocenters. The van der Waals surface area contributed by atoms with Crippen LogP contribution in [0.1, 0.15) is 70.6 Å². The van der Waals surface area contributed by atoms with Crippen molar-refractivity contribution < 1.29 is 19.4 Å². The number of carbonyl (C=O) groups excluding carboxylic acids is 2. The number of benzene rings is 2. The minimum absolute atomic E-state index is 0.0474. The second kappa shape index (κ2) is 11.1. The van der Waals surface area contributed by atoms with E-state index in [4.69, 9.17) is 16.2 Å². The van der Waals surface area contributed by atoms with Crippen LogP contribution in [0, 0.1) is 6.92 Å². The van der Waals surface area contributed by atoms with Crippen molar-refractivity contribution in [2.24, 2.45) is 5.73 Å². The lowest BCUT2D eigenvalue weighted by Gasteiger charge is -2.20. The van der Waals surface area contributed by atoms with Gasteiger partial charge in [-0.05, 0) is 49.1 Å². The molecule has 0 saturated heterocycles. The standard InChI is InChI=1S/C26H33N5O4/c1-5-17(6-2)31-24(27)22(25(28)33)23(30-31)16-11-12-18(15(3)13-16)20(14-32)29-26(34)19-9-7-8-10-21(19)35-4/h7-13,17,20,32H,5-6,14,27H2,1-4H3,(H2,28,33)(H,29,34). The average molecular weight is 480 g/mol. The minimum Gasteiger partial charge on any atom is -0.496 e. The highest BCUT2D eigenvalue weighted by Gasteiger charge is 2.25. The Hall–Kier alpha value is -3.85. The molecule has 0 radical (unpaired) electrons. The molecular formula is C26H33N5O4. The molecule has 0 fully saturated rings. The SMILES string of the molecule is CCC(CC)n1nc(-c2ccc(C(CO)NC(=O)c3ccccc3OC)c(C)c2)c(C(N)=O)c1N. The van der Waals surface area contributed by atoms with E-state index in [1.54, 1.807) is 41.1 Å². The molecule has 0 aliphatic carbocycles. The molecule has 0 spiro atoms. The summed E-state index contributed by atoms with van der Waals surface area (Å²) in [6.07, 6.45) is 1.62. The zero-order valence-corrected chi connectivity index (χ0v) is 20.5. The van der Waals surface area contributed by atoms with Crippen LogP contribution < -0.4 is 21.5 Å². The van der Waals surface area contributed by atoms with Gasteiger partial charge in [0.05, 0.1) is 31.4 Å². The first-order valence-corrected chi connectivity index (χ1v) is 11.6. The van der Waals surface area contributed by atoms with Gasteiger partial charge in [0.1, 0.15) is 22.8 Å². The van der Waals surface area contributed by atoms with Crippen LogP contribution >= 0.6 is 0 Å². The first-order chi connectivity index (χ1) is 16.8. The normalized spacial score (nSPS) is 11.9. The molecule has 9 nitrogen and oxygen atoms in total. The smallest absolute Gasteiger partial charge is 0.255 e. The summed E-state index contributed by atoms with van der Waals surface area (Å²) in [4.78, 5) is 25.1. The number of amides is 2. The predicted octanol–water partition coefficient (Wildman–Crippen LogP) is 3.37. The first kappa shape index (κ1) is 25.8. The van der Waals surface area contributed by atoms with Crippen molar-refractivity contribution in [2.75, 3.05) is 19.5 Å². The van der Waals surface area contributed by atoms with Crippen LogP contribution in [0.25, 0.3) is 11.3 Å². The van der Waals surface area contributed by atoms with Gasteiger partial charge in [-0.1, -0.05) is 38.1 Å². The number of rotatable bonds is 10. The van der Waals surface area contributed by atoms with Crippen LogP contribution in [0.2, 0.25) is 0 Å². The molecule has 35 heavy (non-hydrogen) atoms. The Morgan fingerprint density at radius 3 is 2.43 bits per heavy atom. The Labute approximate surface area is 205 Å². The number of aryl methyl sites for hydroxylation is 1. The molecule has 1 heterocycles. The third-order valence-electron chi connectivity index (χ3n) is 6.24. The van der Waals surface area contributed by atoms with E-state index in [0.717, 1.165) is 24.0 Å². The van der Waals surface area contributed by atoms with Crippen molar-refractivity contribution in [1.29, 1.82) is 0 Å². The maximum Gasteiger partial charge on any atom is 0.255 e. The summed E-state index contributed by atoms with van der Waals surface area (Å²) in [6.45, 7) is 5.63. The van der Waals surface area contributed by atoms with Crippen molar-refractivity contribution in [3.8, 4) is 17.0 Å². The molecule has 9 heteroatoms. The van der Waals surface area contributed by atoms with Gasteiger partial charge in [0, 0.05) is 5.56 Å². The number of aromatic nitrogens is 2. The van der Waals surface area contributed by atoms with Gasteiger partial charge in [-0.25, -0.2) is 4.68 Å². The van der Waals surface area contributed by atoms with Crippen molar-refractivity contribution >= 4 is 17.6 Å². The van der Waals surface area contributed by atoms with Crippen LogP contribution in [-0.4, -0.2) is 40.4 Å². The van der Waals surface area contributed by atoms with E-state index >= 15 is 0 Å². The van der Waals surface area contributed by atoms with Gasteiger partial charge in [0.2, 0.25) is 0 Å². The number of nitrogen functional groups attached to an aromatic ring is 1. The number of primary amides is 1. The molecule has 2 aromatic carbocycles. The summed E-state index contributed by atoms with van der Waals surface area (Å²) in [5.74, 6) is -0.315. The second-order valence-corrected chi connectivity index (χ2v) is 8.37. The predicted molar refractivity (Wildman–Crippen MR) is 135 cm³/mol. The van der Waals surface area contributed by atoms with E-state index in [9.17, 15) is 14.7 Å². The van der Waals surface area contributed by atoms with Crippen molar-refractivity contribution in [2.45, 2.75) is 45.7 Å². The largest absolute Gasteiger partial charge is 0.496 e. The quantitative estimate of drug-likeness (QED) is 0.351. The number of aliphatic hydroxyl groups excluding tert-OH is 1. The van der Waals surface area contributed by atoms with E-state index in [0.29, 0.717) is 22.6 Å². The highest BCUT2D eigenvalue weighted by molar-refractivity contribution is 6.03. The number of hydrogen-bond donors (Lipinski definition) is 4. The Morgan fingerprint density at radius 1 is 1.17 bits per heavy atom. The number of carbonyl (C=O) groups is 2. The monoisotopic (exact) mass is 479 g/mol. The molecule has 3 aromatic rings. The van der Waals surface area contributed by atoms with Crippen LogP contribution in [-0.2, 0) is 0 Å². The fraction of sp³-hybridized carbons (Fsp3) is 0.346. The topological polar surface area (TPSA) is 145 Å². The number of anilines is 1. The lowest BCUT2D eigenvalue weighted by atomic mass is 9.96. The van der Waals surface area contributed by atoms with Gasteiger partial charge in [0.15, 0.2) is 0 Å². The number of nitrogens with zero attached hydrogens (tertiary/aromatic N) is 2. The first-order valence-electron chi connectivity index (χ1n) is 11.6. The third-order valence-corrected chi connectivity index (χ3v) is 6.24. The van der Waals surface area contributed by atoms with Crippen LogP contribution in [0.3, 0.4) is 0 Å². The highest BCUT2D eigenvalue weighted by Crippen LogP contribution is 2.33. The molecule has 6 N–H and O–H groups in total. The van der Waals surface area contributed by atoms with Crippen LogP contribution in [0.4, 0.5) is 5.82 Å². The van der Waals surface area contributed by atoms with Crippen LogP contribution in [0.5, 0.6) is 5.75 Å². The van der Waals surface area contributed by atoms with E-state index in [1.807, 2.05) is 26.8 Å². The molecule has 3 rings (SSSR count). The molecule has 0 bridgehead atoms. The number of nitrogens with two attached hydrogens (primary N) is 2. The van der Waals surface area contributed by atoms with E-state index in [2.05, 4.69) is 10.4 Å². The molecule has 0 saturated carbocycles. The summed E-state index contributed by atoms with van der Waals surface area (Å²) >= 11 is 0. The molecule has 1 unspecified atom stereocenters. The highest BCUT2D eigenvalue weighted by atomic mass is 16.5. The van der Waals surface area contributed by atoms with Crippen molar-refractivity contribution in [3.63, 3.8) is 0 Å². The minimum atomic E-state index is -0.649. The van der Waals surface area contributed by atoms with Gasteiger partial charge in [-0.15, -0.1) is 0 Å². The molecule has 2 amide bonds. The molecule has 0 aliphatic heterocycles. The number of ether oxygens (including phenoxy) is 1. The summed E-state index contributed by atoms with van der Waals surface area (Å²) in [5.41, 5.74) is 15.1. The molecule has 1 aromatic heterocycles. The lowest BCUT2D eigenvalue weighted by molar-refractivity contribution is 0.0912. The average Bonchev–Trinajstić information content (AvgIpc) is 3.20. The maximum atomic E-state index is 12.9. The number of aliphatic hydroxyl groups is 1. The Morgan fingerprint density at radius 2 is 1.86 bits per heavy atom. The summed E-state index contributed by atoms with van der Waals surface area (Å²) in [7, 11) is 1.50. The molecule has 186 valence electrons. The van der Waals surface area contributed by atoms with Gasteiger partial charge >= 0.3 is 0 Å². The van der Waals surface area contributed by atoms with Crippen molar-refractivity contribution in [3.05, 3.63) is 64.7 Å². The fourth-order valence-electron chi connectivity index (χ4n) is 4.31. The number of hydrogen-bond acceptors (Lipinski definition) is 6. The summed E-state index contributed by atoms with van der Waals surface area (Å²) < 4.78 is 6.94. The van der Waals surface area contributed by atoms with Gasteiger partial charge in [0.25, 0.3) is 11.8 Å². The Kier molecular flexibility index (Phi) is 8.14. The second-order valence-electron chi connectivity index (χ2n) is 8.37. The van der Waals surface area contributed by atoms with E-state index in [-0.39, 0.29) is 29.9 Å². The lowest BCUT2D eigenvalue weighted by Crippen LogP contribution is -2.31. The van der Waals surface area contributed by atoms with Gasteiger partial charge in [-0.3, -0.25) is 9.59 Å². The van der Waals surface area contributed by atoms with Gasteiger partial charge in [-0.2, -0.15) is 5.10 Å². The van der Waals surface area contributed by atoms with E-state index in [1.165, 1.54) is 7.11 Å². The fourth-order valence-corrected chi connectivity index (χ4v) is 4.31. The Balaban J connectivity index is 1.97. The maximum absolute atomic E-state index is 12.9. The summed E-state index contributed by atoms with van der Waals surface area (Å²) in [5, 5.41) is 17.6. The summed E-state index contributed by atoms with van der Waals surface area (Å²) in [6, 6.07) is 11.7. The molecule has 0 aliphatic rings. The van der Waals surface area contributed by atoms with E-state index < -0.39 is 11.9 Å². The molecular weight excluding hydrogens is 446 g/mol. The zero-order valence-electron chi connectivity index (χ0n) is 20.5.